The van der Waals surface area contributed by atoms with Crippen LogP contribution in [0.3, 0.4) is 0 Å². The molecule has 9 heteroatoms. The normalized spacial score (nSPS) is 20.9. The van der Waals surface area contributed by atoms with Crippen LogP contribution in [0.4, 0.5) is 5.13 Å². The molecule has 144 valence electrons. The zero-order valence-corrected chi connectivity index (χ0v) is 15.9. The van der Waals surface area contributed by atoms with Gasteiger partial charge in [-0.25, -0.2) is 4.98 Å². The smallest absolute Gasteiger partial charge is 0.255 e. The van der Waals surface area contributed by atoms with Gasteiger partial charge in [0.25, 0.3) is 5.91 Å². The molecule has 0 aliphatic carbocycles. The van der Waals surface area contributed by atoms with Crippen molar-refractivity contribution in [3.05, 3.63) is 45.5 Å². The molecule has 3 amide bonds. The minimum atomic E-state index is -0.578. The summed E-state index contributed by atoms with van der Waals surface area (Å²) in [5, 5.41) is 9.82. The van der Waals surface area contributed by atoms with Gasteiger partial charge in [-0.2, -0.15) is 0 Å². The van der Waals surface area contributed by atoms with Crippen LogP contribution in [0.25, 0.3) is 0 Å². The molecule has 1 atom stereocenters. The lowest BCUT2D eigenvalue weighted by Crippen LogP contribution is -2.52. The van der Waals surface area contributed by atoms with Crippen LogP contribution in [0.15, 0.2) is 18.2 Å². The van der Waals surface area contributed by atoms with E-state index in [1.807, 2.05) is 18.2 Å². The topological polar surface area (TPSA) is 103 Å². The Kier molecular flexibility index (Phi) is 4.13. The third-order valence-corrected chi connectivity index (χ3v) is 6.45. The molecule has 1 saturated heterocycles. The van der Waals surface area contributed by atoms with Gasteiger partial charge in [0, 0.05) is 43.0 Å². The largest absolute Gasteiger partial charge is 0.357 e. The Morgan fingerprint density at radius 3 is 2.96 bits per heavy atom. The van der Waals surface area contributed by atoms with Crippen molar-refractivity contribution < 1.29 is 14.4 Å². The molecule has 0 spiro atoms. The molecule has 4 heterocycles. The van der Waals surface area contributed by atoms with E-state index in [0.717, 1.165) is 35.0 Å². The number of carbonyl (C=O) groups excluding carboxylic acids is 3. The summed E-state index contributed by atoms with van der Waals surface area (Å²) in [7, 11) is 0. The third-order valence-electron chi connectivity index (χ3n) is 5.39. The number of piperidine rings is 1. The molecule has 8 nitrogen and oxygen atoms in total. The number of hydrogen-bond acceptors (Lipinski definition) is 7. The molecule has 3 aliphatic heterocycles. The van der Waals surface area contributed by atoms with Gasteiger partial charge in [0.2, 0.25) is 11.8 Å². The maximum atomic E-state index is 12.9. The Balaban J connectivity index is 1.29. The molecule has 28 heavy (non-hydrogen) atoms. The van der Waals surface area contributed by atoms with Gasteiger partial charge >= 0.3 is 0 Å². The standard InChI is InChI=1S/C19H19N5O3S/c25-16-4-3-14(17(26)23-16)24-9-11-2-1-10(5-12(11)18(24)27)6-21-19-22-13-7-20-8-15(13)28-19/h1-2,5,14,20H,3-4,6-9H2,(H,21,22)(H,23,25,26). The van der Waals surface area contributed by atoms with E-state index in [1.165, 1.54) is 4.88 Å². The molecular weight excluding hydrogens is 378 g/mol. The van der Waals surface area contributed by atoms with Crippen molar-refractivity contribution in [3.8, 4) is 0 Å². The number of anilines is 1. The van der Waals surface area contributed by atoms with Crippen LogP contribution in [-0.2, 0) is 35.8 Å². The summed E-state index contributed by atoms with van der Waals surface area (Å²) >= 11 is 1.65. The molecule has 3 N–H and O–H groups in total. The second kappa shape index (κ2) is 6.68. The van der Waals surface area contributed by atoms with Crippen LogP contribution in [-0.4, -0.2) is 33.6 Å². The van der Waals surface area contributed by atoms with E-state index in [2.05, 4.69) is 20.9 Å². The van der Waals surface area contributed by atoms with Crippen molar-refractivity contribution in [1.82, 2.24) is 20.5 Å². The average molecular weight is 397 g/mol. The highest BCUT2D eigenvalue weighted by Crippen LogP contribution is 2.29. The van der Waals surface area contributed by atoms with E-state index in [-0.39, 0.29) is 24.1 Å². The third kappa shape index (κ3) is 2.96. The Labute approximate surface area is 165 Å². The van der Waals surface area contributed by atoms with Gasteiger partial charge in [-0.3, -0.25) is 19.7 Å². The Morgan fingerprint density at radius 1 is 1.25 bits per heavy atom. The van der Waals surface area contributed by atoms with Crippen molar-refractivity contribution >= 4 is 34.2 Å². The number of nitrogens with one attached hydrogen (secondary N) is 3. The number of hydrogen-bond donors (Lipinski definition) is 3. The molecule has 3 aliphatic rings. The number of benzene rings is 1. The summed E-state index contributed by atoms with van der Waals surface area (Å²) in [4.78, 5) is 43.8. The fraction of sp³-hybridized carbons (Fsp3) is 0.368. The van der Waals surface area contributed by atoms with Crippen LogP contribution in [0.2, 0.25) is 0 Å². The van der Waals surface area contributed by atoms with Crippen molar-refractivity contribution in [2.45, 2.75) is 45.1 Å². The van der Waals surface area contributed by atoms with E-state index in [4.69, 9.17) is 0 Å². The summed E-state index contributed by atoms with van der Waals surface area (Å²) in [5.41, 5.74) is 3.65. The van der Waals surface area contributed by atoms with Crippen LogP contribution in [0, 0.1) is 0 Å². The van der Waals surface area contributed by atoms with Crippen LogP contribution in [0.1, 0.15) is 44.9 Å². The second-order valence-corrected chi connectivity index (χ2v) is 8.32. The lowest BCUT2D eigenvalue weighted by Gasteiger charge is -2.29. The lowest BCUT2D eigenvalue weighted by atomic mass is 10.0. The van der Waals surface area contributed by atoms with E-state index in [1.54, 1.807) is 16.2 Å². The number of carbonyl (C=O) groups is 3. The van der Waals surface area contributed by atoms with Gasteiger partial charge < -0.3 is 15.5 Å². The molecule has 0 bridgehead atoms. The quantitative estimate of drug-likeness (QED) is 0.668. The highest BCUT2D eigenvalue weighted by Gasteiger charge is 2.39. The Morgan fingerprint density at radius 2 is 2.14 bits per heavy atom. The summed E-state index contributed by atoms with van der Waals surface area (Å²) in [6, 6.07) is 5.25. The zero-order chi connectivity index (χ0) is 19.3. The van der Waals surface area contributed by atoms with E-state index < -0.39 is 6.04 Å². The molecular formula is C19H19N5O3S. The number of thiazole rings is 1. The van der Waals surface area contributed by atoms with Crippen LogP contribution in [0.5, 0.6) is 0 Å². The van der Waals surface area contributed by atoms with E-state index >= 15 is 0 Å². The molecule has 0 saturated carbocycles. The van der Waals surface area contributed by atoms with Gasteiger partial charge in [-0.1, -0.05) is 12.1 Å². The first kappa shape index (κ1) is 17.3. The number of amides is 3. The molecule has 1 unspecified atom stereocenters. The fourth-order valence-electron chi connectivity index (χ4n) is 3.92. The average Bonchev–Trinajstić information content (AvgIpc) is 3.34. The van der Waals surface area contributed by atoms with Crippen molar-refractivity contribution in [3.63, 3.8) is 0 Å². The van der Waals surface area contributed by atoms with E-state index in [9.17, 15) is 14.4 Å². The number of aromatic nitrogens is 1. The predicted molar refractivity (Wildman–Crippen MR) is 102 cm³/mol. The molecule has 1 aromatic carbocycles. The zero-order valence-electron chi connectivity index (χ0n) is 15.1. The monoisotopic (exact) mass is 397 g/mol. The van der Waals surface area contributed by atoms with Gasteiger partial charge in [0.1, 0.15) is 6.04 Å². The summed E-state index contributed by atoms with van der Waals surface area (Å²) < 4.78 is 0. The maximum absolute atomic E-state index is 12.9. The fourth-order valence-corrected chi connectivity index (χ4v) is 4.86. The number of fused-ring (bicyclic) bond motifs is 2. The van der Waals surface area contributed by atoms with Crippen LogP contribution < -0.4 is 16.0 Å². The molecule has 1 aromatic heterocycles. The first-order valence-electron chi connectivity index (χ1n) is 9.28. The first-order chi connectivity index (χ1) is 13.6. The summed E-state index contributed by atoms with van der Waals surface area (Å²) in [5.74, 6) is -0.807. The van der Waals surface area contributed by atoms with Gasteiger partial charge in [0.15, 0.2) is 5.13 Å². The highest BCUT2D eigenvalue weighted by atomic mass is 32.1. The molecule has 0 radical (unpaired) electrons. The molecule has 5 rings (SSSR count). The maximum Gasteiger partial charge on any atom is 0.255 e. The summed E-state index contributed by atoms with van der Waals surface area (Å²) in [6.07, 6.45) is 0.640. The number of nitrogens with zero attached hydrogens (tertiary/aromatic N) is 2. The predicted octanol–water partition coefficient (Wildman–Crippen LogP) is 1.12. The van der Waals surface area contributed by atoms with Crippen LogP contribution >= 0.6 is 11.3 Å². The highest BCUT2D eigenvalue weighted by molar-refractivity contribution is 7.15. The second-order valence-electron chi connectivity index (χ2n) is 7.24. The minimum absolute atomic E-state index is 0.148. The van der Waals surface area contributed by atoms with Gasteiger partial charge in [-0.15, -0.1) is 11.3 Å². The number of rotatable bonds is 4. The first-order valence-corrected chi connectivity index (χ1v) is 10.1. The lowest BCUT2D eigenvalue weighted by molar-refractivity contribution is -0.136. The Hall–Kier alpha value is -2.78. The van der Waals surface area contributed by atoms with Crippen molar-refractivity contribution in [2.24, 2.45) is 0 Å². The van der Waals surface area contributed by atoms with Crippen molar-refractivity contribution in [1.29, 1.82) is 0 Å². The van der Waals surface area contributed by atoms with Crippen molar-refractivity contribution in [2.75, 3.05) is 5.32 Å². The Bertz CT molecular complexity index is 980. The SMILES string of the molecule is O=C1CCC(N2Cc3ccc(CNc4nc5c(s4)CNC5)cc3C2=O)C(=O)N1. The minimum Gasteiger partial charge on any atom is -0.357 e. The van der Waals surface area contributed by atoms with Gasteiger partial charge in [0.05, 0.1) is 5.69 Å². The summed E-state index contributed by atoms with van der Waals surface area (Å²) in [6.45, 7) is 2.67. The van der Waals surface area contributed by atoms with E-state index in [0.29, 0.717) is 25.1 Å². The van der Waals surface area contributed by atoms with Gasteiger partial charge in [-0.05, 0) is 23.6 Å². The number of imide groups is 1. The molecule has 1 fully saturated rings. The molecule has 2 aromatic rings.